The molecule has 132 valence electrons. The van der Waals surface area contributed by atoms with Crippen LogP contribution < -0.4 is 0 Å². The van der Waals surface area contributed by atoms with Gasteiger partial charge in [-0.05, 0) is 54.7 Å². The Morgan fingerprint density at radius 1 is 1.04 bits per heavy atom. The lowest BCUT2D eigenvalue weighted by Crippen LogP contribution is -2.52. The first-order valence-corrected chi connectivity index (χ1v) is 10.2. The van der Waals surface area contributed by atoms with Crippen LogP contribution >= 0.6 is 11.8 Å². The minimum atomic E-state index is 0.144. The van der Waals surface area contributed by atoms with Crippen molar-refractivity contribution in [1.29, 1.82) is 0 Å². The number of piperazine rings is 1. The molecule has 2 aliphatic heterocycles. The first-order chi connectivity index (χ1) is 12.3. The van der Waals surface area contributed by atoms with Gasteiger partial charge in [-0.25, -0.2) is 4.68 Å². The Morgan fingerprint density at radius 2 is 1.76 bits per heavy atom. The summed E-state index contributed by atoms with van der Waals surface area (Å²) in [7, 11) is 0. The molecule has 0 aliphatic carbocycles. The van der Waals surface area contributed by atoms with E-state index in [1.807, 2.05) is 41.4 Å². The first-order valence-electron chi connectivity index (χ1n) is 9.02. The fourth-order valence-electron chi connectivity index (χ4n) is 3.70. The minimum Gasteiger partial charge on any atom is -0.336 e. The van der Waals surface area contributed by atoms with Gasteiger partial charge in [0, 0.05) is 50.2 Å². The van der Waals surface area contributed by atoms with E-state index in [1.54, 1.807) is 10.9 Å². The number of aromatic nitrogens is 2. The summed E-state index contributed by atoms with van der Waals surface area (Å²) in [4.78, 5) is 17.3. The molecule has 0 unspecified atom stereocenters. The highest BCUT2D eigenvalue weighted by Crippen LogP contribution is 2.23. The average molecular weight is 356 g/mol. The maximum Gasteiger partial charge on any atom is 0.253 e. The molecule has 2 saturated heterocycles. The van der Waals surface area contributed by atoms with E-state index < -0.39 is 0 Å². The number of carbonyl (C=O) groups is 1. The van der Waals surface area contributed by atoms with Crippen LogP contribution in [0.2, 0.25) is 0 Å². The maximum atomic E-state index is 12.8. The van der Waals surface area contributed by atoms with Crippen LogP contribution in [0.15, 0.2) is 42.7 Å². The van der Waals surface area contributed by atoms with Gasteiger partial charge < -0.3 is 4.90 Å². The van der Waals surface area contributed by atoms with Crippen molar-refractivity contribution >= 4 is 17.7 Å². The van der Waals surface area contributed by atoms with Gasteiger partial charge in [-0.1, -0.05) is 0 Å². The predicted octanol–water partition coefficient (Wildman–Crippen LogP) is 2.53. The Labute approximate surface area is 153 Å². The lowest BCUT2D eigenvalue weighted by molar-refractivity contribution is 0.0559. The largest absolute Gasteiger partial charge is 0.336 e. The molecule has 2 aliphatic rings. The van der Waals surface area contributed by atoms with E-state index in [1.165, 1.54) is 24.3 Å². The van der Waals surface area contributed by atoms with E-state index >= 15 is 0 Å². The molecule has 5 nitrogen and oxygen atoms in total. The maximum absolute atomic E-state index is 12.8. The molecular weight excluding hydrogens is 332 g/mol. The van der Waals surface area contributed by atoms with Crippen molar-refractivity contribution in [2.24, 2.45) is 0 Å². The topological polar surface area (TPSA) is 41.4 Å². The third-order valence-corrected chi connectivity index (χ3v) is 6.24. The second-order valence-electron chi connectivity index (χ2n) is 6.67. The van der Waals surface area contributed by atoms with Crippen LogP contribution in [0.25, 0.3) is 5.69 Å². The number of thioether (sulfide) groups is 1. The third-order valence-electron chi connectivity index (χ3n) is 5.19. The van der Waals surface area contributed by atoms with E-state index in [0.29, 0.717) is 0 Å². The molecule has 0 atom stereocenters. The zero-order valence-electron chi connectivity index (χ0n) is 14.4. The number of benzene rings is 1. The highest BCUT2D eigenvalue weighted by molar-refractivity contribution is 7.99. The highest BCUT2D eigenvalue weighted by Gasteiger charge is 2.27. The number of hydrogen-bond acceptors (Lipinski definition) is 4. The molecule has 0 bridgehead atoms. The van der Waals surface area contributed by atoms with Crippen LogP contribution in [0.1, 0.15) is 23.2 Å². The number of rotatable bonds is 3. The quantitative estimate of drug-likeness (QED) is 0.847. The Kier molecular flexibility index (Phi) is 5.08. The van der Waals surface area contributed by atoms with Crippen LogP contribution in [-0.2, 0) is 0 Å². The van der Waals surface area contributed by atoms with E-state index in [9.17, 15) is 4.79 Å². The zero-order chi connectivity index (χ0) is 17.1. The van der Waals surface area contributed by atoms with Gasteiger partial charge >= 0.3 is 0 Å². The van der Waals surface area contributed by atoms with Gasteiger partial charge in [-0.15, -0.1) is 0 Å². The van der Waals surface area contributed by atoms with Crippen molar-refractivity contribution in [3.63, 3.8) is 0 Å². The van der Waals surface area contributed by atoms with Crippen LogP contribution in [0.3, 0.4) is 0 Å². The fourth-order valence-corrected chi connectivity index (χ4v) is 4.78. The SMILES string of the molecule is O=C(c1ccc(-n2cccn2)cc1)N1CCN(C2CCSCC2)CC1. The third kappa shape index (κ3) is 3.75. The molecule has 0 spiro atoms. The van der Waals surface area contributed by atoms with Crippen LogP contribution in [-0.4, -0.2) is 69.2 Å². The number of hydrogen-bond donors (Lipinski definition) is 0. The lowest BCUT2D eigenvalue weighted by atomic mass is 10.1. The molecule has 1 aromatic carbocycles. The van der Waals surface area contributed by atoms with Gasteiger partial charge in [0.15, 0.2) is 0 Å². The molecule has 0 saturated carbocycles. The molecule has 25 heavy (non-hydrogen) atoms. The van der Waals surface area contributed by atoms with Gasteiger partial charge in [-0.3, -0.25) is 9.69 Å². The van der Waals surface area contributed by atoms with Crippen molar-refractivity contribution in [1.82, 2.24) is 19.6 Å². The summed E-state index contributed by atoms with van der Waals surface area (Å²) in [5.74, 6) is 2.71. The summed E-state index contributed by atoms with van der Waals surface area (Å²) < 4.78 is 1.80. The smallest absolute Gasteiger partial charge is 0.253 e. The Morgan fingerprint density at radius 3 is 2.40 bits per heavy atom. The van der Waals surface area contributed by atoms with Crippen molar-refractivity contribution in [2.45, 2.75) is 18.9 Å². The lowest BCUT2D eigenvalue weighted by Gasteiger charge is -2.40. The van der Waals surface area contributed by atoms with Gasteiger partial charge in [0.1, 0.15) is 0 Å². The first kappa shape index (κ1) is 16.7. The number of amides is 1. The Balaban J connectivity index is 1.35. The van der Waals surface area contributed by atoms with Crippen molar-refractivity contribution < 1.29 is 4.79 Å². The summed E-state index contributed by atoms with van der Waals surface area (Å²) >= 11 is 2.07. The fraction of sp³-hybridized carbons (Fsp3) is 0.474. The van der Waals surface area contributed by atoms with Gasteiger partial charge in [0.25, 0.3) is 5.91 Å². The molecule has 1 aromatic heterocycles. The zero-order valence-corrected chi connectivity index (χ0v) is 15.2. The van der Waals surface area contributed by atoms with E-state index in [0.717, 1.165) is 43.5 Å². The average Bonchev–Trinajstić information content (AvgIpc) is 3.23. The monoisotopic (exact) mass is 356 g/mol. The van der Waals surface area contributed by atoms with Crippen LogP contribution in [0, 0.1) is 0 Å². The second-order valence-corrected chi connectivity index (χ2v) is 7.89. The van der Waals surface area contributed by atoms with E-state index in [-0.39, 0.29) is 5.91 Å². The van der Waals surface area contributed by atoms with E-state index in [2.05, 4.69) is 21.8 Å². The molecule has 1 amide bonds. The molecule has 3 heterocycles. The van der Waals surface area contributed by atoms with Crippen molar-refractivity contribution in [2.75, 3.05) is 37.7 Å². The second kappa shape index (κ2) is 7.62. The van der Waals surface area contributed by atoms with Crippen LogP contribution in [0.4, 0.5) is 0 Å². The van der Waals surface area contributed by atoms with E-state index in [4.69, 9.17) is 0 Å². The Bertz CT molecular complexity index is 687. The summed E-state index contributed by atoms with van der Waals surface area (Å²) in [5.41, 5.74) is 1.74. The molecule has 4 rings (SSSR count). The van der Waals surface area contributed by atoms with Gasteiger partial charge in [-0.2, -0.15) is 16.9 Å². The number of carbonyl (C=O) groups excluding carboxylic acids is 1. The molecule has 2 fully saturated rings. The van der Waals surface area contributed by atoms with Crippen molar-refractivity contribution in [3.05, 3.63) is 48.3 Å². The summed E-state index contributed by atoms with van der Waals surface area (Å²) in [6, 6.07) is 10.3. The normalized spacial score (nSPS) is 19.9. The van der Waals surface area contributed by atoms with Gasteiger partial charge in [0.2, 0.25) is 0 Å². The Hall–Kier alpha value is -1.79. The highest BCUT2D eigenvalue weighted by atomic mass is 32.2. The summed E-state index contributed by atoms with van der Waals surface area (Å²) in [6.07, 6.45) is 6.25. The standard InChI is InChI=1S/C19H24N4OS/c24-19(16-2-4-18(5-3-16)23-9-1-8-20-23)22-12-10-21(11-13-22)17-6-14-25-15-7-17/h1-5,8-9,17H,6-7,10-15H2. The van der Waals surface area contributed by atoms with Crippen LogP contribution in [0.5, 0.6) is 0 Å². The minimum absolute atomic E-state index is 0.144. The molecule has 6 heteroatoms. The molecular formula is C19H24N4OS. The van der Waals surface area contributed by atoms with Gasteiger partial charge in [0.05, 0.1) is 5.69 Å². The van der Waals surface area contributed by atoms with Crippen molar-refractivity contribution in [3.8, 4) is 5.69 Å². The summed E-state index contributed by atoms with van der Waals surface area (Å²) in [5, 5.41) is 4.22. The number of nitrogens with zero attached hydrogens (tertiary/aromatic N) is 4. The predicted molar refractivity (Wildman–Crippen MR) is 101 cm³/mol. The molecule has 2 aromatic rings. The molecule has 0 N–H and O–H groups in total. The summed E-state index contributed by atoms with van der Waals surface area (Å²) in [6.45, 7) is 3.69. The molecule has 0 radical (unpaired) electrons.